The highest BCUT2D eigenvalue weighted by molar-refractivity contribution is 7.94. The molecule has 0 aliphatic rings. The van der Waals surface area contributed by atoms with E-state index >= 15 is 0 Å². The summed E-state index contributed by atoms with van der Waals surface area (Å²) in [6, 6.07) is 11.4. The Morgan fingerprint density at radius 3 is 2.70 bits per heavy atom. The van der Waals surface area contributed by atoms with Crippen molar-refractivity contribution < 1.29 is 17.6 Å². The van der Waals surface area contributed by atoms with Crippen molar-refractivity contribution in [2.75, 3.05) is 9.03 Å². The van der Waals surface area contributed by atoms with Crippen LogP contribution in [0.15, 0.2) is 54.7 Å². The maximum atomic E-state index is 13.2. The number of hydrogen-bond acceptors (Lipinski definition) is 3. The molecule has 0 saturated heterocycles. The number of nitrogens with one attached hydrogen (secondary N) is 2. The van der Waals surface area contributed by atoms with Crippen molar-refractivity contribution in [1.82, 2.24) is 4.98 Å². The summed E-state index contributed by atoms with van der Waals surface area (Å²) in [5.74, 6) is -0.598. The van der Waals surface area contributed by atoms with E-state index in [0.717, 1.165) is 11.5 Å². The molecule has 117 valence electrons. The molecule has 8 heteroatoms. The van der Waals surface area contributed by atoms with Crippen molar-refractivity contribution >= 4 is 38.9 Å². The average Bonchev–Trinajstić information content (AvgIpc) is 2.94. The van der Waals surface area contributed by atoms with Gasteiger partial charge in [0, 0.05) is 11.7 Å². The van der Waals surface area contributed by atoms with Crippen molar-refractivity contribution in [1.29, 1.82) is 0 Å². The number of anilines is 2. The number of aromatic amines is 1. The maximum absolute atomic E-state index is 13.2. The Morgan fingerprint density at radius 2 is 1.96 bits per heavy atom. The monoisotopic (exact) mass is 332 g/mol. The molecule has 1 radical (unpaired) electrons. The summed E-state index contributed by atoms with van der Waals surface area (Å²) < 4.78 is 40.4. The number of amides is 1. The first kappa shape index (κ1) is 15.0. The van der Waals surface area contributed by atoms with Gasteiger partial charge in [-0.15, -0.1) is 0 Å². The van der Waals surface area contributed by atoms with Crippen LogP contribution in [0.1, 0.15) is 0 Å². The number of aromatic nitrogens is 1. The summed E-state index contributed by atoms with van der Waals surface area (Å²) in [4.78, 5) is 14.1. The molecule has 1 heterocycles. The first-order chi connectivity index (χ1) is 11.0. The van der Waals surface area contributed by atoms with Gasteiger partial charge in [-0.05, 0) is 41.8 Å². The highest BCUT2D eigenvalue weighted by Gasteiger charge is 2.23. The minimum Gasteiger partial charge on any atom is -0.361 e. The second-order valence-corrected chi connectivity index (χ2v) is 6.24. The van der Waals surface area contributed by atoms with E-state index in [9.17, 15) is 17.6 Å². The first-order valence-corrected chi connectivity index (χ1v) is 7.97. The Bertz CT molecular complexity index is 969. The van der Waals surface area contributed by atoms with Gasteiger partial charge in [0.15, 0.2) is 0 Å². The standard InChI is InChI=1S/C15H11FN3O3S/c16-12-2-1-3-13(8-12)18-23(21,22)19(10-20)14-5-4-11-6-7-17-15(11)9-14/h1-9,17-18H. The summed E-state index contributed by atoms with van der Waals surface area (Å²) in [5.41, 5.74) is 0.786. The van der Waals surface area contributed by atoms with Crippen LogP contribution in [0.25, 0.3) is 10.9 Å². The number of nitrogens with zero attached hydrogens (tertiary/aromatic N) is 1. The van der Waals surface area contributed by atoms with E-state index in [1.54, 1.807) is 12.3 Å². The van der Waals surface area contributed by atoms with Gasteiger partial charge in [-0.3, -0.25) is 9.52 Å². The predicted octanol–water partition coefficient (Wildman–Crippen LogP) is 2.54. The summed E-state index contributed by atoms with van der Waals surface area (Å²) in [6.45, 7) is 0. The molecule has 0 atom stereocenters. The van der Waals surface area contributed by atoms with Gasteiger partial charge < -0.3 is 4.98 Å². The second-order valence-electron chi connectivity index (χ2n) is 4.72. The van der Waals surface area contributed by atoms with Gasteiger partial charge in [0.25, 0.3) is 0 Å². The lowest BCUT2D eigenvalue weighted by atomic mass is 10.2. The fourth-order valence-electron chi connectivity index (χ4n) is 2.15. The predicted molar refractivity (Wildman–Crippen MR) is 85.4 cm³/mol. The molecule has 0 unspecified atom stereocenters. The highest BCUT2D eigenvalue weighted by Crippen LogP contribution is 2.23. The van der Waals surface area contributed by atoms with Gasteiger partial charge in [0.1, 0.15) is 5.82 Å². The average molecular weight is 332 g/mol. The number of carbonyl (C=O) groups excluding carboxylic acids is 1. The SMILES string of the molecule is O=[C]N(c1ccc2cc[nH]c2c1)S(=O)(=O)Nc1cccc(F)c1. The van der Waals surface area contributed by atoms with E-state index in [2.05, 4.69) is 9.71 Å². The molecular weight excluding hydrogens is 321 g/mol. The Hall–Kier alpha value is -2.87. The molecule has 6 nitrogen and oxygen atoms in total. The van der Waals surface area contributed by atoms with Crippen LogP contribution < -0.4 is 9.03 Å². The van der Waals surface area contributed by atoms with Crippen molar-refractivity contribution in [2.24, 2.45) is 0 Å². The smallest absolute Gasteiger partial charge is 0.333 e. The van der Waals surface area contributed by atoms with E-state index in [1.807, 2.05) is 6.07 Å². The van der Waals surface area contributed by atoms with Crippen molar-refractivity contribution in [3.63, 3.8) is 0 Å². The lowest BCUT2D eigenvalue weighted by Crippen LogP contribution is -2.34. The third-order valence-electron chi connectivity index (χ3n) is 3.17. The maximum Gasteiger partial charge on any atom is 0.333 e. The number of H-pyrrole nitrogens is 1. The number of benzene rings is 2. The third kappa shape index (κ3) is 3.02. The summed E-state index contributed by atoms with van der Waals surface area (Å²) >= 11 is 0. The second kappa shape index (κ2) is 5.73. The molecule has 3 rings (SSSR count). The van der Waals surface area contributed by atoms with Gasteiger partial charge in [0.2, 0.25) is 0 Å². The molecular formula is C15H11FN3O3S. The van der Waals surface area contributed by atoms with Gasteiger partial charge in [-0.2, -0.15) is 12.7 Å². The lowest BCUT2D eigenvalue weighted by molar-refractivity contribution is 0.554. The number of fused-ring (bicyclic) bond motifs is 1. The van der Waals surface area contributed by atoms with Crippen LogP contribution in [0.3, 0.4) is 0 Å². The molecule has 0 bridgehead atoms. The number of halogens is 1. The highest BCUT2D eigenvalue weighted by atomic mass is 32.2. The van der Waals surface area contributed by atoms with E-state index in [1.165, 1.54) is 36.7 Å². The molecule has 0 aliphatic heterocycles. The van der Waals surface area contributed by atoms with Crippen LogP contribution in [0.4, 0.5) is 15.8 Å². The van der Waals surface area contributed by atoms with Gasteiger partial charge in [-0.25, -0.2) is 4.39 Å². The van der Waals surface area contributed by atoms with Crippen LogP contribution in [0.5, 0.6) is 0 Å². The molecule has 23 heavy (non-hydrogen) atoms. The van der Waals surface area contributed by atoms with Crippen LogP contribution in [-0.4, -0.2) is 19.8 Å². The molecule has 0 saturated carbocycles. The molecule has 2 N–H and O–H groups in total. The van der Waals surface area contributed by atoms with Crippen LogP contribution in [0.2, 0.25) is 0 Å². The fourth-order valence-corrected chi connectivity index (χ4v) is 3.15. The molecule has 2 aromatic carbocycles. The Labute approximate surface area is 131 Å². The first-order valence-electron chi connectivity index (χ1n) is 6.53. The van der Waals surface area contributed by atoms with Crippen LogP contribution >= 0.6 is 0 Å². The molecule has 0 aliphatic carbocycles. The van der Waals surface area contributed by atoms with E-state index < -0.39 is 16.0 Å². The molecule has 0 fully saturated rings. The normalized spacial score (nSPS) is 11.3. The van der Waals surface area contributed by atoms with Crippen molar-refractivity contribution in [3.05, 3.63) is 60.5 Å². The minimum atomic E-state index is -4.27. The minimum absolute atomic E-state index is 0.00574. The summed E-state index contributed by atoms with van der Waals surface area (Å²) in [6.07, 6.45) is 3.07. The Kier molecular flexibility index (Phi) is 3.75. The summed E-state index contributed by atoms with van der Waals surface area (Å²) in [7, 11) is -4.27. The fraction of sp³-hybridized carbons (Fsp3) is 0. The van der Waals surface area contributed by atoms with Crippen LogP contribution in [-0.2, 0) is 15.0 Å². The van der Waals surface area contributed by atoms with E-state index in [0.29, 0.717) is 9.82 Å². The van der Waals surface area contributed by atoms with Gasteiger partial charge >= 0.3 is 16.6 Å². The van der Waals surface area contributed by atoms with Crippen molar-refractivity contribution in [2.45, 2.75) is 0 Å². The quantitative estimate of drug-likeness (QED) is 0.704. The number of rotatable bonds is 5. The van der Waals surface area contributed by atoms with Gasteiger partial charge in [0.05, 0.1) is 11.4 Å². The van der Waals surface area contributed by atoms with Gasteiger partial charge in [-0.1, -0.05) is 12.1 Å². The zero-order valence-electron chi connectivity index (χ0n) is 11.7. The molecule has 1 amide bonds. The van der Waals surface area contributed by atoms with Crippen LogP contribution in [0, 0.1) is 5.82 Å². The molecule has 0 spiro atoms. The van der Waals surface area contributed by atoms with E-state index in [4.69, 9.17) is 0 Å². The zero-order chi connectivity index (χ0) is 16.4. The molecule has 1 aromatic heterocycles. The molecule has 3 aromatic rings. The largest absolute Gasteiger partial charge is 0.361 e. The van der Waals surface area contributed by atoms with Crippen molar-refractivity contribution in [3.8, 4) is 0 Å². The summed E-state index contributed by atoms with van der Waals surface area (Å²) in [5, 5.41) is 0.870. The Morgan fingerprint density at radius 1 is 1.13 bits per heavy atom. The van der Waals surface area contributed by atoms with E-state index in [-0.39, 0.29) is 11.4 Å². The Balaban J connectivity index is 1.96. The lowest BCUT2D eigenvalue weighted by Gasteiger charge is -2.18. The third-order valence-corrected chi connectivity index (χ3v) is 4.43. The number of hydrogen-bond donors (Lipinski definition) is 2. The zero-order valence-corrected chi connectivity index (χ0v) is 12.5. The topological polar surface area (TPSA) is 82.3 Å².